The molecule has 180 valence electrons. The van der Waals surface area contributed by atoms with Crippen molar-refractivity contribution in [1.82, 2.24) is 4.90 Å². The number of phenols is 1. The molecule has 0 amide bonds. The summed E-state index contributed by atoms with van der Waals surface area (Å²) in [5.41, 5.74) is -0.646. The number of hydrogen-bond acceptors (Lipinski definition) is 10. The molecule has 3 rings (SSSR count). The number of carbonyl (C=O) groups is 3. The van der Waals surface area contributed by atoms with Gasteiger partial charge in [0.05, 0.1) is 38.8 Å². The average molecular weight is 553 g/mol. The minimum absolute atomic E-state index is 0.0217. The minimum Gasteiger partial charge on any atom is -0.506 e. The van der Waals surface area contributed by atoms with Crippen LogP contribution in [0.5, 0.6) is 5.75 Å². The molecule has 10 nitrogen and oxygen atoms in total. The summed E-state index contributed by atoms with van der Waals surface area (Å²) in [6.45, 7) is 6.81. The number of ketones is 1. The molecule has 0 spiro atoms. The number of allylic oxidation sites excluding steroid dienone is 4. The van der Waals surface area contributed by atoms with Gasteiger partial charge in [-0.15, -0.1) is 0 Å². The number of ether oxygens (including phenoxy) is 2. The zero-order valence-electron chi connectivity index (χ0n) is 18.7. The summed E-state index contributed by atoms with van der Waals surface area (Å²) in [6.07, 6.45) is 1.42. The van der Waals surface area contributed by atoms with Gasteiger partial charge < -0.3 is 19.5 Å². The van der Waals surface area contributed by atoms with Gasteiger partial charge in [-0.05, 0) is 49.7 Å². The van der Waals surface area contributed by atoms with Gasteiger partial charge in [0.25, 0.3) is 5.69 Å². The second-order valence-corrected chi connectivity index (χ2v) is 9.30. The van der Waals surface area contributed by atoms with Crippen molar-refractivity contribution in [3.05, 3.63) is 65.1 Å². The maximum Gasteiger partial charge on any atom is 0.337 e. The van der Waals surface area contributed by atoms with E-state index in [0.717, 1.165) is 17.0 Å². The fraction of sp³-hybridized carbons (Fsp3) is 0.318. The van der Waals surface area contributed by atoms with Crippen LogP contribution < -0.4 is 0 Å². The van der Waals surface area contributed by atoms with Gasteiger partial charge in [0.2, 0.25) is 0 Å². The van der Waals surface area contributed by atoms with E-state index in [1.54, 1.807) is 25.7 Å². The van der Waals surface area contributed by atoms with E-state index < -0.39 is 45.7 Å². The molecule has 0 saturated carbocycles. The highest BCUT2D eigenvalue weighted by molar-refractivity contribution is 9.10. The Kier molecular flexibility index (Phi) is 7.51. The van der Waals surface area contributed by atoms with Crippen molar-refractivity contribution in [2.24, 2.45) is 0 Å². The van der Waals surface area contributed by atoms with Crippen LogP contribution in [-0.2, 0) is 19.1 Å². The molecule has 0 fully saturated rings. The fourth-order valence-electron chi connectivity index (χ4n) is 3.58. The van der Waals surface area contributed by atoms with Gasteiger partial charge in [-0.1, -0.05) is 11.8 Å². The normalized spacial score (nSPS) is 17.4. The van der Waals surface area contributed by atoms with E-state index in [1.165, 1.54) is 17.8 Å². The smallest absolute Gasteiger partial charge is 0.337 e. The molecule has 2 aliphatic heterocycles. The van der Waals surface area contributed by atoms with Crippen LogP contribution in [0.4, 0.5) is 5.69 Å². The molecule has 1 N–H and O–H groups in total. The highest BCUT2D eigenvalue weighted by Gasteiger charge is 2.46. The van der Waals surface area contributed by atoms with Gasteiger partial charge in [0.15, 0.2) is 11.8 Å². The molecule has 1 aromatic rings. The van der Waals surface area contributed by atoms with Crippen LogP contribution in [0.3, 0.4) is 0 Å². The third-order valence-electron chi connectivity index (χ3n) is 5.21. The van der Waals surface area contributed by atoms with Gasteiger partial charge in [-0.25, -0.2) is 9.59 Å². The largest absolute Gasteiger partial charge is 0.506 e. The van der Waals surface area contributed by atoms with Crippen LogP contribution in [0.25, 0.3) is 0 Å². The number of esters is 2. The van der Waals surface area contributed by atoms with E-state index in [1.807, 2.05) is 6.92 Å². The van der Waals surface area contributed by atoms with E-state index in [9.17, 15) is 29.6 Å². The molecule has 34 heavy (non-hydrogen) atoms. The van der Waals surface area contributed by atoms with Crippen LogP contribution in [0.1, 0.15) is 38.1 Å². The number of benzene rings is 1. The predicted octanol–water partition coefficient (Wildman–Crippen LogP) is 4.19. The van der Waals surface area contributed by atoms with Gasteiger partial charge >= 0.3 is 11.9 Å². The Labute approximate surface area is 207 Å². The van der Waals surface area contributed by atoms with E-state index in [4.69, 9.17) is 9.47 Å². The summed E-state index contributed by atoms with van der Waals surface area (Å²) in [5, 5.41) is 22.3. The lowest BCUT2D eigenvalue weighted by Crippen LogP contribution is -2.45. The number of fused-ring (bicyclic) bond motifs is 1. The standard InChI is InChI=1S/C22H21BrN2O8S/c1-5-32-21(28)17-13(19(26)14-7-12(25(30)31)8-15(23)20(14)27)9-16-24(10(3)11(4)34-16)18(17)22(29)33-6-2/h7-9,18,27H,5-6H2,1-4H3. The van der Waals surface area contributed by atoms with Gasteiger partial charge in [0.1, 0.15) is 5.75 Å². The molecule has 12 heteroatoms. The number of halogens is 1. The first-order valence-corrected chi connectivity index (χ1v) is 11.8. The van der Waals surface area contributed by atoms with Gasteiger partial charge in [0, 0.05) is 28.3 Å². The summed E-state index contributed by atoms with van der Waals surface area (Å²) in [4.78, 5) is 52.8. The topological polar surface area (TPSA) is 136 Å². The number of non-ortho nitro benzene ring substituents is 1. The molecule has 1 unspecified atom stereocenters. The van der Waals surface area contributed by atoms with Crippen LogP contribution >= 0.6 is 27.7 Å². The van der Waals surface area contributed by atoms with Crippen molar-refractivity contribution in [1.29, 1.82) is 0 Å². The van der Waals surface area contributed by atoms with Crippen molar-refractivity contribution in [2.45, 2.75) is 33.7 Å². The van der Waals surface area contributed by atoms with Crippen molar-refractivity contribution < 1.29 is 33.9 Å². The second kappa shape index (κ2) is 10.0. The van der Waals surface area contributed by atoms with Crippen LogP contribution in [0.2, 0.25) is 0 Å². The van der Waals surface area contributed by atoms with Crippen LogP contribution in [0, 0.1) is 10.1 Å². The molecule has 0 saturated heterocycles. The third kappa shape index (κ3) is 4.47. The molecule has 1 atom stereocenters. The molecular formula is C22H21BrN2O8S. The molecular weight excluding hydrogens is 532 g/mol. The molecule has 0 aliphatic carbocycles. The number of carbonyl (C=O) groups excluding carboxylic acids is 3. The Morgan fingerprint density at radius 2 is 1.85 bits per heavy atom. The monoisotopic (exact) mass is 552 g/mol. The Morgan fingerprint density at radius 1 is 1.21 bits per heavy atom. The lowest BCUT2D eigenvalue weighted by atomic mass is 9.90. The summed E-state index contributed by atoms with van der Waals surface area (Å²) in [7, 11) is 0. The Morgan fingerprint density at radius 3 is 2.44 bits per heavy atom. The first kappa shape index (κ1) is 25.5. The molecule has 2 heterocycles. The Bertz CT molecular complexity index is 1200. The number of aromatic hydroxyl groups is 1. The SMILES string of the molecule is CCOC(=O)C1=C(C(=O)c2cc([N+](=O)[O-])cc(Br)c2O)C=C2SC(C)=C(C)N2C1C(=O)OCC. The van der Waals surface area contributed by atoms with Crippen molar-refractivity contribution in [3.63, 3.8) is 0 Å². The Hall–Kier alpha value is -3.12. The maximum absolute atomic E-state index is 13.6. The Balaban J connectivity index is 2.30. The second-order valence-electron chi connectivity index (χ2n) is 7.21. The highest BCUT2D eigenvalue weighted by Crippen LogP contribution is 2.47. The molecule has 0 bridgehead atoms. The van der Waals surface area contributed by atoms with Crippen LogP contribution in [-0.4, -0.2) is 51.9 Å². The lowest BCUT2D eigenvalue weighted by molar-refractivity contribution is -0.385. The number of Topliss-reactive ketones (excluding diaryl/α,β-unsaturated/α-hetero) is 1. The zero-order valence-corrected chi connectivity index (χ0v) is 21.1. The van der Waals surface area contributed by atoms with E-state index in [0.29, 0.717) is 10.7 Å². The summed E-state index contributed by atoms with van der Waals surface area (Å²) >= 11 is 4.32. The molecule has 2 aliphatic rings. The average Bonchev–Trinajstić information content (AvgIpc) is 3.07. The maximum atomic E-state index is 13.6. The van der Waals surface area contributed by atoms with Crippen molar-refractivity contribution >= 4 is 51.1 Å². The number of nitro benzene ring substituents is 1. The number of nitrogens with zero attached hydrogens (tertiary/aromatic N) is 2. The van der Waals surface area contributed by atoms with Crippen LogP contribution in [0.15, 0.2) is 49.5 Å². The number of hydrogen-bond donors (Lipinski definition) is 1. The molecule has 0 radical (unpaired) electrons. The van der Waals surface area contributed by atoms with E-state index in [2.05, 4.69) is 15.9 Å². The van der Waals surface area contributed by atoms with Gasteiger partial charge in [-0.3, -0.25) is 14.9 Å². The number of nitro groups is 1. The zero-order chi connectivity index (χ0) is 25.3. The lowest BCUT2D eigenvalue weighted by Gasteiger charge is -2.34. The third-order valence-corrected chi connectivity index (χ3v) is 6.94. The van der Waals surface area contributed by atoms with E-state index in [-0.39, 0.29) is 28.8 Å². The van der Waals surface area contributed by atoms with Crippen molar-refractivity contribution in [2.75, 3.05) is 13.2 Å². The fourth-order valence-corrected chi connectivity index (χ4v) is 5.11. The molecule has 0 aromatic heterocycles. The predicted molar refractivity (Wildman–Crippen MR) is 127 cm³/mol. The van der Waals surface area contributed by atoms with Crippen molar-refractivity contribution in [3.8, 4) is 5.75 Å². The van der Waals surface area contributed by atoms with E-state index >= 15 is 0 Å². The number of rotatable bonds is 7. The quantitative estimate of drug-likeness (QED) is 0.227. The first-order valence-electron chi connectivity index (χ1n) is 10.2. The summed E-state index contributed by atoms with van der Waals surface area (Å²) < 4.78 is 10.3. The number of phenolic OH excluding ortho intramolecular Hbond substituents is 1. The number of thioether (sulfide) groups is 1. The summed E-state index contributed by atoms with van der Waals surface area (Å²) in [6, 6.07) is 0.657. The first-order chi connectivity index (χ1) is 16.0. The summed E-state index contributed by atoms with van der Waals surface area (Å²) in [5.74, 6) is -3.09. The molecule has 1 aromatic carbocycles. The highest BCUT2D eigenvalue weighted by atomic mass is 79.9. The minimum atomic E-state index is -1.31. The van der Waals surface area contributed by atoms with Gasteiger partial charge in [-0.2, -0.15) is 0 Å².